The summed E-state index contributed by atoms with van der Waals surface area (Å²) in [6.45, 7) is 7.11. The van der Waals surface area contributed by atoms with Crippen LogP contribution < -0.4 is 0 Å². The van der Waals surface area contributed by atoms with Crippen molar-refractivity contribution in [1.29, 1.82) is 0 Å². The highest BCUT2D eigenvalue weighted by Gasteiger charge is 2.28. The van der Waals surface area contributed by atoms with E-state index in [4.69, 9.17) is 8.37 Å². The molecule has 0 aromatic rings. The van der Waals surface area contributed by atoms with E-state index in [-0.39, 0.29) is 0 Å². The van der Waals surface area contributed by atoms with E-state index in [9.17, 15) is 16.8 Å². The van der Waals surface area contributed by atoms with Crippen LogP contribution in [0.5, 0.6) is 0 Å². The predicted molar refractivity (Wildman–Crippen MR) is 73.6 cm³/mol. The highest BCUT2D eigenvalue weighted by Crippen LogP contribution is 2.14. The Hall–Kier alpha value is -0.180. The van der Waals surface area contributed by atoms with Gasteiger partial charge in [0, 0.05) is 0 Å². The topological polar surface area (TPSA) is 86.7 Å². The van der Waals surface area contributed by atoms with E-state index in [2.05, 4.69) is 0 Å². The molecule has 0 aromatic heterocycles. The molecule has 8 heteroatoms. The summed E-state index contributed by atoms with van der Waals surface area (Å²) in [6, 6.07) is 0. The zero-order chi connectivity index (χ0) is 15.1. The third-order valence-electron chi connectivity index (χ3n) is 2.68. The fraction of sp³-hybridized carbons (Fsp3) is 1.00. The van der Waals surface area contributed by atoms with Crippen LogP contribution in [0.4, 0.5) is 0 Å². The Morgan fingerprint density at radius 1 is 0.684 bits per heavy atom. The molecular weight excluding hydrogens is 292 g/mol. The molecule has 0 spiro atoms. The second-order valence-electron chi connectivity index (χ2n) is 4.30. The summed E-state index contributed by atoms with van der Waals surface area (Å²) in [6.07, 6.45) is 1.03. The Morgan fingerprint density at radius 3 is 1.16 bits per heavy atom. The van der Waals surface area contributed by atoms with Gasteiger partial charge in [-0.3, -0.25) is 8.37 Å². The Bertz CT molecular complexity index is 390. The molecule has 0 bridgehead atoms. The molecule has 0 N–H and O–H groups in total. The summed E-state index contributed by atoms with van der Waals surface area (Å²) in [5.74, 6) is 0. The molecule has 0 aliphatic carbocycles. The molecule has 6 nitrogen and oxygen atoms in total. The molecule has 0 saturated carbocycles. The lowest BCUT2D eigenvalue weighted by atomic mass is 10.2. The van der Waals surface area contributed by atoms with Crippen LogP contribution in [0.3, 0.4) is 0 Å². The Balaban J connectivity index is 4.72. The second-order valence-corrected chi connectivity index (χ2v) is 7.86. The predicted octanol–water partition coefficient (Wildman–Crippen LogP) is 2.01. The summed E-state index contributed by atoms with van der Waals surface area (Å²) in [4.78, 5) is 0. The van der Waals surface area contributed by atoms with Gasteiger partial charge in [0.15, 0.2) is 0 Å². The average molecular weight is 316 g/mol. The smallest absolute Gasteiger partial charge is 0.266 e. The van der Waals surface area contributed by atoms with Crippen molar-refractivity contribution in [2.45, 2.75) is 65.6 Å². The van der Waals surface area contributed by atoms with Crippen molar-refractivity contribution in [1.82, 2.24) is 0 Å². The van der Waals surface area contributed by atoms with E-state index in [1.165, 1.54) is 0 Å². The monoisotopic (exact) mass is 316 g/mol. The van der Waals surface area contributed by atoms with Crippen molar-refractivity contribution in [3.05, 3.63) is 0 Å². The summed E-state index contributed by atoms with van der Waals surface area (Å²) < 4.78 is 56.3. The zero-order valence-electron chi connectivity index (χ0n) is 12.0. The molecule has 116 valence electrons. The van der Waals surface area contributed by atoms with Crippen LogP contribution >= 0.6 is 0 Å². The van der Waals surface area contributed by atoms with Gasteiger partial charge in [0.2, 0.25) is 5.08 Å². The lowest BCUT2D eigenvalue weighted by Crippen LogP contribution is -2.27. The molecule has 0 saturated heterocycles. The highest BCUT2D eigenvalue weighted by atomic mass is 32.3. The van der Waals surface area contributed by atoms with E-state index in [1.807, 2.05) is 0 Å². The minimum atomic E-state index is -4.14. The van der Waals surface area contributed by atoms with Gasteiger partial charge < -0.3 is 0 Å². The van der Waals surface area contributed by atoms with E-state index in [0.717, 1.165) is 0 Å². The van der Waals surface area contributed by atoms with E-state index in [1.54, 1.807) is 27.7 Å². The van der Waals surface area contributed by atoms with Gasteiger partial charge in [-0.2, -0.15) is 16.8 Å². The van der Waals surface area contributed by atoms with Crippen LogP contribution in [0.2, 0.25) is 0 Å². The van der Waals surface area contributed by atoms with Gasteiger partial charge in [0.25, 0.3) is 20.2 Å². The third kappa shape index (κ3) is 7.86. The fourth-order valence-electron chi connectivity index (χ4n) is 1.50. The SMILES string of the molecule is CCC(CC)OS(=O)(=O)CS(=O)(=O)OC(CC)CC. The summed E-state index contributed by atoms with van der Waals surface area (Å²) in [5, 5.41) is -1.13. The van der Waals surface area contributed by atoms with Crippen LogP contribution in [0.1, 0.15) is 53.4 Å². The van der Waals surface area contributed by atoms with Crippen molar-refractivity contribution >= 4 is 20.2 Å². The quantitative estimate of drug-likeness (QED) is 0.573. The molecular formula is C11H24O6S2. The maximum Gasteiger partial charge on any atom is 0.284 e. The Labute approximate surface area is 116 Å². The van der Waals surface area contributed by atoms with Crippen molar-refractivity contribution < 1.29 is 25.2 Å². The number of rotatable bonds is 10. The molecule has 0 fully saturated rings. The maximum absolute atomic E-state index is 11.7. The first-order chi connectivity index (χ1) is 8.69. The van der Waals surface area contributed by atoms with Crippen LogP contribution in [-0.4, -0.2) is 34.1 Å². The van der Waals surface area contributed by atoms with Crippen molar-refractivity contribution in [3.63, 3.8) is 0 Å². The average Bonchev–Trinajstić information content (AvgIpc) is 2.31. The third-order valence-corrected chi connectivity index (χ3v) is 6.12. The molecule has 19 heavy (non-hydrogen) atoms. The second kappa shape index (κ2) is 8.18. The molecule has 0 amide bonds. The van der Waals surface area contributed by atoms with Crippen LogP contribution in [-0.2, 0) is 28.6 Å². The van der Waals surface area contributed by atoms with Gasteiger partial charge in [0.05, 0.1) is 12.2 Å². The summed E-state index contributed by atoms with van der Waals surface area (Å²) in [5.41, 5.74) is 0. The maximum atomic E-state index is 11.7. The Kier molecular flexibility index (Phi) is 8.11. The van der Waals surface area contributed by atoms with Gasteiger partial charge in [-0.25, -0.2) is 0 Å². The lowest BCUT2D eigenvalue weighted by Gasteiger charge is -2.16. The first kappa shape index (κ1) is 18.8. The number of hydrogen-bond donors (Lipinski definition) is 0. The van der Waals surface area contributed by atoms with Gasteiger partial charge in [0.1, 0.15) is 0 Å². The molecule has 0 aliphatic heterocycles. The lowest BCUT2D eigenvalue weighted by molar-refractivity contribution is 0.195. The molecule has 0 unspecified atom stereocenters. The van der Waals surface area contributed by atoms with Crippen LogP contribution in [0.15, 0.2) is 0 Å². The first-order valence-electron chi connectivity index (χ1n) is 6.51. The van der Waals surface area contributed by atoms with Gasteiger partial charge >= 0.3 is 0 Å². The van der Waals surface area contributed by atoms with E-state index >= 15 is 0 Å². The molecule has 0 aromatic carbocycles. The fourth-order valence-corrected chi connectivity index (χ4v) is 4.73. The largest absolute Gasteiger partial charge is 0.284 e. The standard InChI is InChI=1S/C11H24O6S2/c1-5-10(6-2)16-18(12,13)9-19(14,15)17-11(7-3)8-4/h10-11H,5-9H2,1-4H3. The highest BCUT2D eigenvalue weighted by molar-refractivity contribution is 8.03. The molecule has 0 heterocycles. The van der Waals surface area contributed by atoms with Gasteiger partial charge in [-0.1, -0.05) is 27.7 Å². The zero-order valence-corrected chi connectivity index (χ0v) is 13.6. The van der Waals surface area contributed by atoms with Crippen molar-refractivity contribution in [2.75, 3.05) is 5.08 Å². The van der Waals surface area contributed by atoms with E-state index < -0.39 is 37.5 Å². The first-order valence-corrected chi connectivity index (χ1v) is 9.66. The minimum Gasteiger partial charge on any atom is -0.266 e. The molecule has 0 radical (unpaired) electrons. The van der Waals surface area contributed by atoms with Crippen molar-refractivity contribution in [3.8, 4) is 0 Å². The minimum absolute atomic E-state index is 0.492. The molecule has 0 rings (SSSR count). The molecule has 0 atom stereocenters. The van der Waals surface area contributed by atoms with Gasteiger partial charge in [-0.05, 0) is 25.7 Å². The van der Waals surface area contributed by atoms with Crippen LogP contribution in [0.25, 0.3) is 0 Å². The Morgan fingerprint density at radius 2 is 0.947 bits per heavy atom. The van der Waals surface area contributed by atoms with Gasteiger partial charge in [-0.15, -0.1) is 0 Å². The van der Waals surface area contributed by atoms with Crippen LogP contribution in [0, 0.1) is 0 Å². The number of hydrogen-bond acceptors (Lipinski definition) is 6. The van der Waals surface area contributed by atoms with Crippen molar-refractivity contribution in [2.24, 2.45) is 0 Å². The summed E-state index contributed by atoms with van der Waals surface area (Å²) >= 11 is 0. The molecule has 0 aliphatic rings. The summed E-state index contributed by atoms with van der Waals surface area (Å²) in [7, 11) is -8.28. The van der Waals surface area contributed by atoms with E-state index in [0.29, 0.717) is 25.7 Å². The normalized spacial score (nSPS) is 13.4.